The number of nitrogens with zero attached hydrogens (tertiary/aromatic N) is 3. The van der Waals surface area contributed by atoms with Crippen LogP contribution < -0.4 is 0 Å². The van der Waals surface area contributed by atoms with Gasteiger partial charge in [0.25, 0.3) is 0 Å². The van der Waals surface area contributed by atoms with Crippen molar-refractivity contribution in [3.63, 3.8) is 0 Å². The maximum Gasteiger partial charge on any atom is 0.140 e. The second-order valence-electron chi connectivity index (χ2n) is 5.48. The van der Waals surface area contributed by atoms with E-state index in [1.54, 1.807) is 11.8 Å². The Balaban J connectivity index is 1.84. The summed E-state index contributed by atoms with van der Waals surface area (Å²) in [5.74, 6) is 1.01. The van der Waals surface area contributed by atoms with Crippen molar-refractivity contribution in [2.24, 2.45) is 0 Å². The summed E-state index contributed by atoms with van der Waals surface area (Å²) in [4.78, 5) is 5.80. The lowest BCUT2D eigenvalue weighted by molar-refractivity contribution is 0.543. The van der Waals surface area contributed by atoms with Crippen molar-refractivity contribution < 1.29 is 0 Å². The summed E-state index contributed by atoms with van der Waals surface area (Å²) in [5.41, 5.74) is 3.33. The van der Waals surface area contributed by atoms with Gasteiger partial charge in [-0.1, -0.05) is 12.1 Å². The van der Waals surface area contributed by atoms with Crippen LogP contribution in [0.2, 0.25) is 0 Å². The van der Waals surface area contributed by atoms with Crippen LogP contribution in [0, 0.1) is 6.92 Å². The van der Waals surface area contributed by atoms with Crippen molar-refractivity contribution in [1.82, 2.24) is 19.7 Å². The first-order chi connectivity index (χ1) is 10.7. The van der Waals surface area contributed by atoms with Crippen LogP contribution in [0.1, 0.15) is 24.4 Å². The summed E-state index contributed by atoms with van der Waals surface area (Å²) in [7, 11) is 0. The molecule has 0 aliphatic carbocycles. The summed E-state index contributed by atoms with van der Waals surface area (Å²) >= 11 is 1.75. The highest BCUT2D eigenvalue weighted by Crippen LogP contribution is 2.25. The minimum absolute atomic E-state index is 0.306. The predicted molar refractivity (Wildman–Crippen MR) is 91.2 cm³/mol. The van der Waals surface area contributed by atoms with Crippen molar-refractivity contribution in [3.05, 3.63) is 54.1 Å². The van der Waals surface area contributed by atoms with Crippen LogP contribution in [0.15, 0.2) is 47.6 Å². The van der Waals surface area contributed by atoms with Gasteiger partial charge in [0, 0.05) is 41.0 Å². The zero-order valence-electron chi connectivity index (χ0n) is 13.1. The van der Waals surface area contributed by atoms with Gasteiger partial charge in [-0.2, -0.15) is 5.10 Å². The molecule has 0 spiro atoms. The van der Waals surface area contributed by atoms with Crippen LogP contribution in [0.25, 0.3) is 11.4 Å². The second-order valence-corrected chi connectivity index (χ2v) is 6.36. The summed E-state index contributed by atoms with van der Waals surface area (Å²) in [6, 6.07) is 11.0. The number of aromatic amines is 1. The average Bonchev–Trinajstić information content (AvgIpc) is 3.16. The van der Waals surface area contributed by atoms with Gasteiger partial charge in [0.15, 0.2) is 0 Å². The normalized spacial score (nSPS) is 12.5. The lowest BCUT2D eigenvalue weighted by Gasteiger charge is -2.15. The Kier molecular flexibility index (Phi) is 4.34. The number of benzene rings is 1. The molecule has 114 valence electrons. The van der Waals surface area contributed by atoms with Crippen molar-refractivity contribution in [2.75, 3.05) is 6.26 Å². The van der Waals surface area contributed by atoms with Crippen LogP contribution >= 0.6 is 11.8 Å². The Morgan fingerprint density at radius 1 is 1.27 bits per heavy atom. The van der Waals surface area contributed by atoms with Gasteiger partial charge in [0.2, 0.25) is 0 Å². The van der Waals surface area contributed by atoms with E-state index in [4.69, 9.17) is 0 Å². The molecular formula is C17H20N4S. The molecule has 2 aromatic heterocycles. The molecule has 3 aromatic rings. The van der Waals surface area contributed by atoms with E-state index in [9.17, 15) is 0 Å². The molecule has 1 N–H and O–H groups in total. The highest BCUT2D eigenvalue weighted by atomic mass is 32.2. The van der Waals surface area contributed by atoms with Gasteiger partial charge in [-0.3, -0.25) is 5.10 Å². The molecule has 22 heavy (non-hydrogen) atoms. The Labute approximate surface area is 135 Å². The second kappa shape index (κ2) is 6.40. The summed E-state index contributed by atoms with van der Waals surface area (Å²) in [6.07, 6.45) is 6.88. The molecule has 0 aliphatic rings. The SMILES string of the molecule is CSc1ccc(-c2nccn2[C@@H](C)Cc2cc(C)[nH]n2)cc1. The van der Waals surface area contributed by atoms with Crippen molar-refractivity contribution in [3.8, 4) is 11.4 Å². The van der Waals surface area contributed by atoms with E-state index in [0.29, 0.717) is 6.04 Å². The molecule has 1 atom stereocenters. The fourth-order valence-corrected chi connectivity index (χ4v) is 3.02. The van der Waals surface area contributed by atoms with Crippen molar-refractivity contribution in [2.45, 2.75) is 31.2 Å². The average molecular weight is 312 g/mol. The van der Waals surface area contributed by atoms with Gasteiger partial charge in [-0.25, -0.2) is 4.98 Å². The molecule has 5 heteroatoms. The summed E-state index contributed by atoms with van der Waals surface area (Å²) < 4.78 is 2.22. The Morgan fingerprint density at radius 3 is 2.68 bits per heavy atom. The van der Waals surface area contributed by atoms with Gasteiger partial charge in [-0.15, -0.1) is 11.8 Å². The van der Waals surface area contributed by atoms with Crippen LogP contribution in [0.3, 0.4) is 0 Å². The quantitative estimate of drug-likeness (QED) is 0.721. The van der Waals surface area contributed by atoms with E-state index in [-0.39, 0.29) is 0 Å². The Hall–Kier alpha value is -2.01. The van der Waals surface area contributed by atoms with Gasteiger partial charge in [0.1, 0.15) is 5.82 Å². The molecule has 0 saturated carbocycles. The molecule has 2 heterocycles. The predicted octanol–water partition coefficient (Wildman–Crippen LogP) is 4.11. The monoisotopic (exact) mass is 312 g/mol. The van der Waals surface area contributed by atoms with Gasteiger partial charge < -0.3 is 4.57 Å². The number of H-pyrrole nitrogens is 1. The van der Waals surface area contributed by atoms with Gasteiger partial charge in [-0.05, 0) is 38.3 Å². The van der Waals surface area contributed by atoms with Crippen LogP contribution in [0.4, 0.5) is 0 Å². The van der Waals surface area contributed by atoms with Crippen LogP contribution in [-0.4, -0.2) is 26.0 Å². The molecular weight excluding hydrogens is 292 g/mol. The number of imidazole rings is 1. The molecule has 0 fully saturated rings. The van der Waals surface area contributed by atoms with E-state index in [0.717, 1.165) is 29.2 Å². The molecule has 0 amide bonds. The first-order valence-corrected chi connectivity index (χ1v) is 8.58. The maximum atomic E-state index is 4.54. The Morgan fingerprint density at radius 2 is 2.05 bits per heavy atom. The minimum Gasteiger partial charge on any atom is -0.328 e. The maximum absolute atomic E-state index is 4.54. The number of hydrogen-bond donors (Lipinski definition) is 1. The van der Waals surface area contributed by atoms with Crippen molar-refractivity contribution >= 4 is 11.8 Å². The first kappa shape index (κ1) is 14.9. The van der Waals surface area contributed by atoms with E-state index in [1.165, 1.54) is 4.90 Å². The minimum atomic E-state index is 0.306. The van der Waals surface area contributed by atoms with Gasteiger partial charge in [0.05, 0.1) is 5.69 Å². The fraction of sp³-hybridized carbons (Fsp3) is 0.294. The molecule has 0 radical (unpaired) electrons. The standard InChI is InChI=1S/C17H20N4S/c1-12-10-15(20-19-12)11-13(2)21-9-8-18-17(21)14-4-6-16(22-3)7-5-14/h4-10,13H,11H2,1-3H3,(H,19,20)/t13-/m0/s1. The third-order valence-corrected chi connectivity index (χ3v) is 4.50. The van der Waals surface area contributed by atoms with Crippen LogP contribution in [-0.2, 0) is 6.42 Å². The molecule has 0 aliphatic heterocycles. The van der Waals surface area contributed by atoms with Crippen LogP contribution in [0.5, 0.6) is 0 Å². The number of nitrogens with one attached hydrogen (secondary N) is 1. The number of aromatic nitrogens is 4. The van der Waals surface area contributed by atoms with E-state index in [1.807, 2.05) is 19.3 Å². The van der Waals surface area contributed by atoms with Gasteiger partial charge >= 0.3 is 0 Å². The smallest absolute Gasteiger partial charge is 0.140 e. The highest BCUT2D eigenvalue weighted by Gasteiger charge is 2.13. The number of aryl methyl sites for hydroxylation is 1. The van der Waals surface area contributed by atoms with E-state index < -0.39 is 0 Å². The Bertz CT molecular complexity index is 742. The first-order valence-electron chi connectivity index (χ1n) is 7.35. The molecule has 4 nitrogen and oxygen atoms in total. The molecule has 0 saturated heterocycles. The third kappa shape index (κ3) is 3.09. The lowest BCUT2D eigenvalue weighted by Crippen LogP contribution is -2.09. The fourth-order valence-electron chi connectivity index (χ4n) is 2.61. The third-order valence-electron chi connectivity index (χ3n) is 3.76. The number of hydrogen-bond acceptors (Lipinski definition) is 3. The number of rotatable bonds is 5. The molecule has 0 bridgehead atoms. The largest absolute Gasteiger partial charge is 0.328 e. The summed E-state index contributed by atoms with van der Waals surface area (Å²) in [6.45, 7) is 4.22. The molecule has 1 aromatic carbocycles. The highest BCUT2D eigenvalue weighted by molar-refractivity contribution is 7.98. The lowest BCUT2D eigenvalue weighted by atomic mass is 10.1. The topological polar surface area (TPSA) is 46.5 Å². The zero-order valence-corrected chi connectivity index (χ0v) is 13.9. The van der Waals surface area contributed by atoms with E-state index >= 15 is 0 Å². The van der Waals surface area contributed by atoms with Crippen molar-refractivity contribution in [1.29, 1.82) is 0 Å². The summed E-state index contributed by atoms with van der Waals surface area (Å²) in [5, 5.41) is 7.33. The van der Waals surface area contributed by atoms with E-state index in [2.05, 4.69) is 63.3 Å². The number of thioether (sulfide) groups is 1. The zero-order chi connectivity index (χ0) is 15.5. The molecule has 3 rings (SSSR count). The molecule has 0 unspecified atom stereocenters.